The first kappa shape index (κ1) is 11.0. The summed E-state index contributed by atoms with van der Waals surface area (Å²) in [6.07, 6.45) is 2.64. The summed E-state index contributed by atoms with van der Waals surface area (Å²) in [6, 6.07) is 0.771. The van der Waals surface area contributed by atoms with Crippen molar-refractivity contribution in [1.82, 2.24) is 10.2 Å². The average molecular weight is 184 g/mol. The van der Waals surface area contributed by atoms with Crippen molar-refractivity contribution in [3.8, 4) is 0 Å². The lowest BCUT2D eigenvalue weighted by atomic mass is 10.0. The molecule has 0 radical (unpaired) electrons. The van der Waals surface area contributed by atoms with Gasteiger partial charge < -0.3 is 5.32 Å². The van der Waals surface area contributed by atoms with Crippen LogP contribution in [0.1, 0.15) is 33.6 Å². The van der Waals surface area contributed by atoms with Crippen LogP contribution in [0.3, 0.4) is 0 Å². The monoisotopic (exact) mass is 184 g/mol. The SMILES string of the molecule is CCN1CCCNCC1CC(C)C. The van der Waals surface area contributed by atoms with Crippen molar-refractivity contribution in [3.63, 3.8) is 0 Å². The van der Waals surface area contributed by atoms with Crippen LogP contribution in [0.4, 0.5) is 0 Å². The van der Waals surface area contributed by atoms with Gasteiger partial charge in [-0.2, -0.15) is 0 Å². The second-order valence-corrected chi connectivity index (χ2v) is 4.47. The van der Waals surface area contributed by atoms with Gasteiger partial charge >= 0.3 is 0 Å². The van der Waals surface area contributed by atoms with E-state index in [1.807, 2.05) is 0 Å². The molecule has 1 atom stereocenters. The molecule has 1 saturated heterocycles. The number of hydrogen-bond acceptors (Lipinski definition) is 2. The average Bonchev–Trinajstić information content (AvgIpc) is 2.28. The van der Waals surface area contributed by atoms with Crippen molar-refractivity contribution in [3.05, 3.63) is 0 Å². The van der Waals surface area contributed by atoms with Gasteiger partial charge in [-0.25, -0.2) is 0 Å². The molecule has 13 heavy (non-hydrogen) atoms. The lowest BCUT2D eigenvalue weighted by Gasteiger charge is -2.29. The highest BCUT2D eigenvalue weighted by Crippen LogP contribution is 2.12. The molecule has 1 rings (SSSR count). The van der Waals surface area contributed by atoms with Gasteiger partial charge in [-0.15, -0.1) is 0 Å². The third-order valence-corrected chi connectivity index (χ3v) is 2.84. The van der Waals surface area contributed by atoms with E-state index in [0.29, 0.717) is 0 Å². The smallest absolute Gasteiger partial charge is 0.0222 e. The van der Waals surface area contributed by atoms with Crippen LogP contribution in [0.25, 0.3) is 0 Å². The summed E-state index contributed by atoms with van der Waals surface area (Å²) in [4.78, 5) is 2.62. The topological polar surface area (TPSA) is 15.3 Å². The molecule has 1 aliphatic rings. The maximum Gasteiger partial charge on any atom is 0.0222 e. The molecular weight excluding hydrogens is 160 g/mol. The van der Waals surface area contributed by atoms with Gasteiger partial charge in [0.05, 0.1) is 0 Å². The predicted molar refractivity (Wildman–Crippen MR) is 58.0 cm³/mol. The number of hydrogen-bond donors (Lipinski definition) is 1. The Hall–Kier alpha value is -0.0800. The molecule has 78 valence electrons. The van der Waals surface area contributed by atoms with Gasteiger partial charge in [0.2, 0.25) is 0 Å². The second kappa shape index (κ2) is 5.61. The number of likely N-dealkylation sites (N-methyl/N-ethyl adjacent to an activating group) is 1. The summed E-state index contributed by atoms with van der Waals surface area (Å²) in [7, 11) is 0. The molecule has 0 aromatic heterocycles. The fraction of sp³-hybridized carbons (Fsp3) is 1.00. The van der Waals surface area contributed by atoms with Gasteiger partial charge in [0, 0.05) is 12.6 Å². The van der Waals surface area contributed by atoms with E-state index in [4.69, 9.17) is 0 Å². The zero-order valence-corrected chi connectivity index (χ0v) is 9.34. The molecule has 2 nitrogen and oxygen atoms in total. The minimum atomic E-state index is 0.771. The summed E-state index contributed by atoms with van der Waals surface area (Å²) in [5.41, 5.74) is 0. The van der Waals surface area contributed by atoms with Gasteiger partial charge in [-0.3, -0.25) is 4.90 Å². The van der Waals surface area contributed by atoms with E-state index in [-0.39, 0.29) is 0 Å². The molecule has 0 saturated carbocycles. The van der Waals surface area contributed by atoms with E-state index in [9.17, 15) is 0 Å². The van der Waals surface area contributed by atoms with E-state index < -0.39 is 0 Å². The molecule has 0 aromatic rings. The van der Waals surface area contributed by atoms with Crippen LogP contribution in [0, 0.1) is 5.92 Å². The third-order valence-electron chi connectivity index (χ3n) is 2.84. The van der Waals surface area contributed by atoms with Crippen LogP contribution in [-0.2, 0) is 0 Å². The van der Waals surface area contributed by atoms with Crippen LogP contribution >= 0.6 is 0 Å². The predicted octanol–water partition coefficient (Wildman–Crippen LogP) is 1.72. The largest absolute Gasteiger partial charge is 0.315 e. The zero-order valence-electron chi connectivity index (χ0n) is 9.34. The van der Waals surface area contributed by atoms with Gasteiger partial charge in [-0.05, 0) is 38.4 Å². The van der Waals surface area contributed by atoms with E-state index in [0.717, 1.165) is 12.0 Å². The van der Waals surface area contributed by atoms with Crippen LogP contribution in [-0.4, -0.2) is 37.1 Å². The fourth-order valence-electron chi connectivity index (χ4n) is 2.18. The first-order valence-electron chi connectivity index (χ1n) is 5.68. The quantitative estimate of drug-likeness (QED) is 0.718. The Morgan fingerprint density at radius 2 is 2.23 bits per heavy atom. The molecule has 1 unspecified atom stereocenters. The highest BCUT2D eigenvalue weighted by molar-refractivity contribution is 4.77. The van der Waals surface area contributed by atoms with Crippen molar-refractivity contribution in [2.24, 2.45) is 5.92 Å². The third kappa shape index (κ3) is 3.65. The molecule has 2 heteroatoms. The molecule has 1 fully saturated rings. The fourth-order valence-corrected chi connectivity index (χ4v) is 2.18. The normalized spacial score (nSPS) is 26.3. The molecule has 1 heterocycles. The van der Waals surface area contributed by atoms with Crippen molar-refractivity contribution in [1.29, 1.82) is 0 Å². The number of rotatable bonds is 3. The summed E-state index contributed by atoms with van der Waals surface area (Å²) >= 11 is 0. The Morgan fingerprint density at radius 1 is 1.46 bits per heavy atom. The van der Waals surface area contributed by atoms with E-state index in [1.165, 1.54) is 39.0 Å². The molecule has 0 aliphatic carbocycles. The molecule has 0 aromatic carbocycles. The summed E-state index contributed by atoms with van der Waals surface area (Å²) in [5, 5.41) is 3.53. The Morgan fingerprint density at radius 3 is 2.85 bits per heavy atom. The second-order valence-electron chi connectivity index (χ2n) is 4.47. The van der Waals surface area contributed by atoms with Crippen molar-refractivity contribution in [2.75, 3.05) is 26.2 Å². The molecule has 0 bridgehead atoms. The van der Waals surface area contributed by atoms with Crippen LogP contribution in [0.5, 0.6) is 0 Å². The van der Waals surface area contributed by atoms with Gasteiger partial charge in [0.1, 0.15) is 0 Å². The van der Waals surface area contributed by atoms with E-state index >= 15 is 0 Å². The van der Waals surface area contributed by atoms with Crippen LogP contribution in [0.15, 0.2) is 0 Å². The standard InChI is InChI=1S/C11H24N2/c1-4-13-7-5-6-12-9-11(13)8-10(2)3/h10-12H,4-9H2,1-3H3. The molecule has 0 spiro atoms. The first-order chi connectivity index (χ1) is 6.24. The van der Waals surface area contributed by atoms with Gasteiger partial charge in [0.15, 0.2) is 0 Å². The Labute approximate surface area is 82.7 Å². The summed E-state index contributed by atoms with van der Waals surface area (Å²) < 4.78 is 0. The number of nitrogens with one attached hydrogen (secondary N) is 1. The van der Waals surface area contributed by atoms with Crippen LogP contribution in [0.2, 0.25) is 0 Å². The minimum absolute atomic E-state index is 0.771. The maximum atomic E-state index is 3.53. The van der Waals surface area contributed by atoms with E-state index in [2.05, 4.69) is 31.0 Å². The van der Waals surface area contributed by atoms with Crippen LogP contribution < -0.4 is 5.32 Å². The Balaban J connectivity index is 2.44. The minimum Gasteiger partial charge on any atom is -0.315 e. The summed E-state index contributed by atoms with van der Waals surface area (Å²) in [6.45, 7) is 11.8. The highest BCUT2D eigenvalue weighted by atomic mass is 15.2. The summed E-state index contributed by atoms with van der Waals surface area (Å²) in [5.74, 6) is 0.818. The highest BCUT2D eigenvalue weighted by Gasteiger charge is 2.19. The van der Waals surface area contributed by atoms with Crippen molar-refractivity contribution >= 4 is 0 Å². The Bertz CT molecular complexity index is 134. The number of nitrogens with zero attached hydrogens (tertiary/aromatic N) is 1. The zero-order chi connectivity index (χ0) is 9.68. The molecule has 0 amide bonds. The lowest BCUT2D eigenvalue weighted by molar-refractivity contribution is 0.194. The van der Waals surface area contributed by atoms with Crippen molar-refractivity contribution in [2.45, 2.75) is 39.7 Å². The van der Waals surface area contributed by atoms with Crippen molar-refractivity contribution < 1.29 is 0 Å². The van der Waals surface area contributed by atoms with Gasteiger partial charge in [-0.1, -0.05) is 20.8 Å². The maximum absolute atomic E-state index is 3.53. The lowest BCUT2D eigenvalue weighted by Crippen LogP contribution is -2.40. The molecule has 1 aliphatic heterocycles. The van der Waals surface area contributed by atoms with E-state index in [1.54, 1.807) is 0 Å². The first-order valence-corrected chi connectivity index (χ1v) is 5.68. The Kier molecular flexibility index (Phi) is 4.74. The molecule has 1 N–H and O–H groups in total. The molecular formula is C11H24N2. The van der Waals surface area contributed by atoms with Gasteiger partial charge in [0.25, 0.3) is 0 Å².